The summed E-state index contributed by atoms with van der Waals surface area (Å²) in [6, 6.07) is 4.05. The Kier molecular flexibility index (Phi) is 3.45. The summed E-state index contributed by atoms with van der Waals surface area (Å²) in [4.78, 5) is 16.0. The number of hydrogen-bond donors (Lipinski definition) is 0. The first kappa shape index (κ1) is 11.7. The van der Waals surface area contributed by atoms with Gasteiger partial charge in [0, 0.05) is 30.4 Å². The first-order chi connectivity index (χ1) is 8.27. The Balaban J connectivity index is 2.47. The van der Waals surface area contributed by atoms with E-state index in [-0.39, 0.29) is 0 Å². The number of ether oxygens (including phenoxy) is 1. The van der Waals surface area contributed by atoms with Gasteiger partial charge in [-0.25, -0.2) is 9.79 Å². The van der Waals surface area contributed by atoms with Crippen LogP contribution in [-0.4, -0.2) is 26.8 Å². The van der Waals surface area contributed by atoms with E-state index >= 15 is 0 Å². The Hall–Kier alpha value is -1.80. The van der Waals surface area contributed by atoms with Crippen LogP contribution in [0.5, 0.6) is 5.75 Å². The Morgan fingerprint density at radius 2 is 2.35 bits per heavy atom. The number of aliphatic imine (C=N–C) groups is 1. The number of isocyanates is 1. The summed E-state index contributed by atoms with van der Waals surface area (Å²) in [5, 5.41) is 0. The zero-order valence-corrected chi connectivity index (χ0v) is 10.2. The summed E-state index contributed by atoms with van der Waals surface area (Å²) in [7, 11) is 3.75. The molecule has 0 amide bonds. The third-order valence-corrected chi connectivity index (χ3v) is 3.17. The monoisotopic (exact) mass is 232 g/mol. The van der Waals surface area contributed by atoms with Crippen LogP contribution in [0.2, 0.25) is 0 Å². The van der Waals surface area contributed by atoms with E-state index in [1.165, 1.54) is 11.3 Å². The second kappa shape index (κ2) is 5.02. The lowest BCUT2D eigenvalue weighted by Crippen LogP contribution is -2.25. The minimum Gasteiger partial charge on any atom is -0.496 e. The number of fused-ring (bicyclic) bond motifs is 1. The van der Waals surface area contributed by atoms with E-state index in [9.17, 15) is 4.79 Å². The molecule has 1 aromatic rings. The van der Waals surface area contributed by atoms with E-state index in [1.54, 1.807) is 13.2 Å². The van der Waals surface area contributed by atoms with E-state index in [0.717, 1.165) is 30.7 Å². The molecule has 1 aliphatic rings. The fourth-order valence-corrected chi connectivity index (χ4v) is 2.37. The van der Waals surface area contributed by atoms with Crippen molar-refractivity contribution in [1.82, 2.24) is 0 Å². The molecule has 90 valence electrons. The van der Waals surface area contributed by atoms with Crippen LogP contribution in [0.4, 0.5) is 5.69 Å². The Labute approximate surface area is 101 Å². The Morgan fingerprint density at radius 3 is 3.06 bits per heavy atom. The summed E-state index contributed by atoms with van der Waals surface area (Å²) >= 11 is 0. The quantitative estimate of drug-likeness (QED) is 0.590. The second-order valence-corrected chi connectivity index (χ2v) is 4.19. The highest BCUT2D eigenvalue weighted by Crippen LogP contribution is 2.36. The third-order valence-electron chi connectivity index (χ3n) is 3.17. The fourth-order valence-electron chi connectivity index (χ4n) is 2.37. The number of benzene rings is 1. The molecule has 0 radical (unpaired) electrons. The van der Waals surface area contributed by atoms with Crippen LogP contribution in [-0.2, 0) is 17.8 Å². The Bertz CT molecular complexity index is 465. The van der Waals surface area contributed by atoms with Crippen LogP contribution in [0.3, 0.4) is 0 Å². The van der Waals surface area contributed by atoms with Crippen molar-refractivity contribution in [2.24, 2.45) is 4.99 Å². The number of rotatable bonds is 3. The van der Waals surface area contributed by atoms with Gasteiger partial charge < -0.3 is 9.64 Å². The number of nitrogens with zero attached hydrogens (tertiary/aromatic N) is 2. The molecule has 1 heterocycles. The summed E-state index contributed by atoms with van der Waals surface area (Å²) in [5.74, 6) is 0.869. The number of methoxy groups -OCH3 is 1. The molecular weight excluding hydrogens is 216 g/mol. The fraction of sp³-hybridized carbons (Fsp3) is 0.462. The summed E-state index contributed by atoms with van der Waals surface area (Å²) in [5.41, 5.74) is 3.39. The number of carbonyl (C=O) groups excluding carboxylic acids is 1. The molecule has 2 rings (SSSR count). The van der Waals surface area contributed by atoms with Crippen LogP contribution >= 0.6 is 0 Å². The zero-order chi connectivity index (χ0) is 12.3. The lowest BCUT2D eigenvalue weighted by atomic mass is 9.98. The van der Waals surface area contributed by atoms with E-state index in [0.29, 0.717) is 6.54 Å². The van der Waals surface area contributed by atoms with Crippen LogP contribution in [0.15, 0.2) is 17.1 Å². The minimum absolute atomic E-state index is 0.337. The van der Waals surface area contributed by atoms with E-state index in [2.05, 4.69) is 23.0 Å². The van der Waals surface area contributed by atoms with E-state index in [1.807, 2.05) is 6.07 Å². The molecule has 0 atom stereocenters. The topological polar surface area (TPSA) is 41.9 Å². The largest absolute Gasteiger partial charge is 0.496 e. The minimum atomic E-state index is 0.337. The van der Waals surface area contributed by atoms with Crippen LogP contribution in [0.25, 0.3) is 0 Å². The average molecular weight is 232 g/mol. The molecule has 0 unspecified atom stereocenters. The molecule has 0 aromatic heterocycles. The van der Waals surface area contributed by atoms with Gasteiger partial charge in [0.1, 0.15) is 5.75 Å². The van der Waals surface area contributed by atoms with Gasteiger partial charge in [0.15, 0.2) is 0 Å². The smallest absolute Gasteiger partial charge is 0.235 e. The lowest BCUT2D eigenvalue weighted by molar-refractivity contribution is 0.403. The maximum Gasteiger partial charge on any atom is 0.235 e. The van der Waals surface area contributed by atoms with Crippen molar-refractivity contribution in [2.45, 2.75) is 19.4 Å². The van der Waals surface area contributed by atoms with Crippen LogP contribution < -0.4 is 9.64 Å². The highest BCUT2D eigenvalue weighted by atomic mass is 16.5. The highest BCUT2D eigenvalue weighted by molar-refractivity contribution is 5.63. The molecule has 4 heteroatoms. The highest BCUT2D eigenvalue weighted by Gasteiger charge is 2.19. The van der Waals surface area contributed by atoms with Crippen molar-refractivity contribution in [2.75, 3.05) is 25.6 Å². The normalized spacial score (nSPS) is 13.9. The summed E-state index contributed by atoms with van der Waals surface area (Å²) in [6.07, 6.45) is 3.71. The third kappa shape index (κ3) is 2.17. The van der Waals surface area contributed by atoms with Crippen molar-refractivity contribution in [3.63, 3.8) is 0 Å². The van der Waals surface area contributed by atoms with Gasteiger partial charge in [-0.15, -0.1) is 0 Å². The Morgan fingerprint density at radius 1 is 1.53 bits per heavy atom. The average Bonchev–Trinajstić information content (AvgIpc) is 2.36. The molecule has 4 nitrogen and oxygen atoms in total. The standard InChI is InChI=1S/C13H16N2O2/c1-15-7-3-4-11-12(15)6-5-10(8-14-9-16)13(11)17-2/h5-6H,3-4,7-8H2,1-2H3. The first-order valence-corrected chi connectivity index (χ1v) is 5.71. The van der Waals surface area contributed by atoms with Gasteiger partial charge in [-0.2, -0.15) is 0 Å². The summed E-state index contributed by atoms with van der Waals surface area (Å²) in [6.45, 7) is 1.41. The van der Waals surface area contributed by atoms with Gasteiger partial charge in [0.2, 0.25) is 6.08 Å². The van der Waals surface area contributed by atoms with Gasteiger partial charge in [-0.1, -0.05) is 6.07 Å². The molecule has 17 heavy (non-hydrogen) atoms. The molecule has 0 saturated carbocycles. The molecule has 1 aromatic carbocycles. The van der Waals surface area contributed by atoms with Crippen molar-refractivity contribution in [3.8, 4) is 5.75 Å². The summed E-state index contributed by atoms with van der Waals surface area (Å²) < 4.78 is 5.47. The maximum atomic E-state index is 10.2. The van der Waals surface area contributed by atoms with Crippen molar-refractivity contribution >= 4 is 11.8 Å². The predicted molar refractivity (Wildman–Crippen MR) is 66.4 cm³/mol. The second-order valence-electron chi connectivity index (χ2n) is 4.19. The van der Waals surface area contributed by atoms with Crippen molar-refractivity contribution in [3.05, 3.63) is 23.3 Å². The van der Waals surface area contributed by atoms with E-state index in [4.69, 9.17) is 4.74 Å². The first-order valence-electron chi connectivity index (χ1n) is 5.71. The molecular formula is C13H16N2O2. The zero-order valence-electron chi connectivity index (χ0n) is 10.2. The molecule has 1 aliphatic heterocycles. The number of hydrogen-bond acceptors (Lipinski definition) is 4. The van der Waals surface area contributed by atoms with Crippen LogP contribution in [0.1, 0.15) is 17.5 Å². The van der Waals surface area contributed by atoms with Gasteiger partial charge in [0.25, 0.3) is 0 Å². The molecule has 0 fully saturated rings. The molecule has 0 spiro atoms. The molecule has 0 N–H and O–H groups in total. The lowest BCUT2D eigenvalue weighted by Gasteiger charge is -2.29. The van der Waals surface area contributed by atoms with E-state index < -0.39 is 0 Å². The molecule has 0 aliphatic carbocycles. The maximum absolute atomic E-state index is 10.2. The molecule has 0 saturated heterocycles. The van der Waals surface area contributed by atoms with Crippen LogP contribution in [0, 0.1) is 0 Å². The predicted octanol–water partition coefficient (Wildman–Crippen LogP) is 1.91. The van der Waals surface area contributed by atoms with Gasteiger partial charge in [-0.3, -0.25) is 0 Å². The molecule has 0 bridgehead atoms. The SMILES string of the molecule is COc1c(CN=C=O)ccc2c1CCCN2C. The van der Waals surface area contributed by atoms with Crippen molar-refractivity contribution < 1.29 is 9.53 Å². The van der Waals surface area contributed by atoms with Gasteiger partial charge >= 0.3 is 0 Å². The number of anilines is 1. The van der Waals surface area contributed by atoms with Gasteiger partial charge in [0.05, 0.1) is 13.7 Å². The van der Waals surface area contributed by atoms with Crippen molar-refractivity contribution in [1.29, 1.82) is 0 Å². The van der Waals surface area contributed by atoms with Gasteiger partial charge in [-0.05, 0) is 18.9 Å².